The Labute approximate surface area is 169 Å². The van der Waals surface area contributed by atoms with Gasteiger partial charge in [0.05, 0.1) is 32.8 Å². The number of carbonyl (C=O) groups is 1. The number of hydrogen-bond acceptors (Lipinski definition) is 4. The van der Waals surface area contributed by atoms with Gasteiger partial charge in [0.2, 0.25) is 0 Å². The van der Waals surface area contributed by atoms with Crippen LogP contribution in [0, 0.1) is 0 Å². The Morgan fingerprint density at radius 3 is 1.37 bits per heavy atom. The highest BCUT2D eigenvalue weighted by molar-refractivity contribution is 5.66. The molecule has 0 amide bonds. The maximum absolute atomic E-state index is 10.3. The predicted octanol–water partition coefficient (Wildman–Crippen LogP) is 5.41. The van der Waals surface area contributed by atoms with E-state index in [1.165, 1.54) is 89.0 Å². The van der Waals surface area contributed by atoms with Gasteiger partial charge in [0.15, 0.2) is 0 Å². The third-order valence-corrected chi connectivity index (χ3v) is 4.71. The van der Waals surface area contributed by atoms with Crippen LogP contribution in [0.2, 0.25) is 0 Å². The summed E-state index contributed by atoms with van der Waals surface area (Å²) in [7, 11) is 1.57. The molecule has 1 atom stereocenters. The van der Waals surface area contributed by atoms with Gasteiger partial charge in [-0.15, -0.1) is 0 Å². The highest BCUT2D eigenvalue weighted by atomic mass is 16.6. The lowest BCUT2D eigenvalue weighted by atomic mass is 10.1. The molecule has 27 heavy (non-hydrogen) atoms. The van der Waals surface area contributed by atoms with Crippen molar-refractivity contribution in [1.29, 1.82) is 0 Å². The van der Waals surface area contributed by atoms with Gasteiger partial charge in [-0.05, 0) is 32.6 Å². The molecule has 0 aromatic heterocycles. The van der Waals surface area contributed by atoms with Gasteiger partial charge in [0.1, 0.15) is 6.10 Å². The molecule has 0 rings (SSSR count). The maximum Gasteiger partial charge on any atom is 0.302 e. The zero-order valence-corrected chi connectivity index (χ0v) is 19.4. The summed E-state index contributed by atoms with van der Waals surface area (Å²) in [4.78, 5) is 10.3. The van der Waals surface area contributed by atoms with Crippen molar-refractivity contribution in [1.82, 2.24) is 0 Å². The number of ether oxygens (including phenoxy) is 2. The SMILES string of the molecule is CCCC[N+](CCCC)(CCCC)CCCC.COCC(C)OC(C)=O.[OH-]. The minimum Gasteiger partial charge on any atom is -0.870 e. The Bertz CT molecular complexity index is 273. The minimum absolute atomic E-state index is 0. The third kappa shape index (κ3) is 19.9. The molecule has 0 aromatic carbocycles. The molecule has 0 aromatic rings. The summed E-state index contributed by atoms with van der Waals surface area (Å²) in [5, 5.41) is 0. The van der Waals surface area contributed by atoms with E-state index in [1.54, 1.807) is 14.0 Å². The third-order valence-electron chi connectivity index (χ3n) is 4.71. The van der Waals surface area contributed by atoms with Gasteiger partial charge in [0, 0.05) is 14.0 Å². The fourth-order valence-corrected chi connectivity index (χ4v) is 3.20. The van der Waals surface area contributed by atoms with Crippen molar-refractivity contribution in [3.63, 3.8) is 0 Å². The molecule has 0 fully saturated rings. The monoisotopic (exact) mass is 391 g/mol. The summed E-state index contributed by atoms with van der Waals surface area (Å²) in [6, 6.07) is 0. The molecule has 0 aliphatic carbocycles. The fourth-order valence-electron chi connectivity index (χ4n) is 3.20. The molecule has 5 heteroatoms. The summed E-state index contributed by atoms with van der Waals surface area (Å²) in [6.45, 7) is 18.6. The summed E-state index contributed by atoms with van der Waals surface area (Å²) >= 11 is 0. The second-order valence-electron chi connectivity index (χ2n) is 7.53. The number of hydrogen-bond donors (Lipinski definition) is 0. The van der Waals surface area contributed by atoms with Crippen molar-refractivity contribution in [2.75, 3.05) is 39.9 Å². The second-order valence-corrected chi connectivity index (χ2v) is 7.53. The van der Waals surface area contributed by atoms with Gasteiger partial charge < -0.3 is 19.4 Å². The molecule has 1 unspecified atom stereocenters. The van der Waals surface area contributed by atoms with Gasteiger partial charge in [-0.3, -0.25) is 4.79 Å². The lowest BCUT2D eigenvalue weighted by Crippen LogP contribution is -2.50. The van der Waals surface area contributed by atoms with Crippen LogP contribution in [0.15, 0.2) is 0 Å². The molecule has 0 saturated carbocycles. The molecule has 166 valence electrons. The molecule has 0 aliphatic rings. The van der Waals surface area contributed by atoms with Crippen LogP contribution < -0.4 is 0 Å². The molecule has 5 nitrogen and oxygen atoms in total. The van der Waals surface area contributed by atoms with Gasteiger partial charge in [0.25, 0.3) is 0 Å². The van der Waals surface area contributed by atoms with E-state index >= 15 is 0 Å². The normalized spacial score (nSPS) is 11.8. The Morgan fingerprint density at radius 2 is 1.15 bits per heavy atom. The van der Waals surface area contributed by atoms with Crippen molar-refractivity contribution in [2.45, 2.75) is 99.0 Å². The van der Waals surface area contributed by atoms with E-state index in [1.807, 2.05) is 0 Å². The van der Waals surface area contributed by atoms with Crippen LogP contribution >= 0.6 is 0 Å². The summed E-state index contributed by atoms with van der Waals surface area (Å²) in [5.41, 5.74) is 0. The smallest absolute Gasteiger partial charge is 0.302 e. The number of rotatable bonds is 15. The summed E-state index contributed by atoms with van der Waals surface area (Å²) in [6.07, 6.45) is 10.9. The second kappa shape index (κ2) is 21.6. The zero-order valence-electron chi connectivity index (χ0n) is 19.4. The number of unbranched alkanes of at least 4 members (excludes halogenated alkanes) is 4. The molecule has 1 N–H and O–H groups in total. The maximum atomic E-state index is 10.3. The molecule has 0 bridgehead atoms. The molecule has 0 radical (unpaired) electrons. The molecular weight excluding hydrogens is 342 g/mol. The number of methoxy groups -OCH3 is 1. The summed E-state index contributed by atoms with van der Waals surface area (Å²) < 4.78 is 10.9. The first-order chi connectivity index (χ1) is 12.4. The highest BCUT2D eigenvalue weighted by Gasteiger charge is 2.24. The molecule has 0 spiro atoms. The highest BCUT2D eigenvalue weighted by Crippen LogP contribution is 2.16. The Hall–Kier alpha value is -0.650. The number of quaternary nitrogens is 1. The lowest BCUT2D eigenvalue weighted by Gasteiger charge is -2.39. The standard InChI is InChI=1S/C16H36N.C6H12O3.H2O/c1-5-9-13-17(14-10-6-2,15-11-7-3)16-12-8-4;1-5(4-8-3)9-6(2)7;/h5-16H2,1-4H3;5H,4H2,1-3H3;1H2/q+1;;/p-1. The van der Waals surface area contributed by atoms with Crippen LogP contribution in [0.5, 0.6) is 0 Å². The largest absolute Gasteiger partial charge is 0.870 e. The molecule has 0 aliphatic heterocycles. The van der Waals surface area contributed by atoms with E-state index in [-0.39, 0.29) is 17.5 Å². The van der Waals surface area contributed by atoms with E-state index < -0.39 is 0 Å². The van der Waals surface area contributed by atoms with Crippen molar-refractivity contribution in [2.24, 2.45) is 0 Å². The van der Waals surface area contributed by atoms with Gasteiger partial charge in [-0.1, -0.05) is 53.4 Å². The predicted molar refractivity (Wildman–Crippen MR) is 114 cm³/mol. The van der Waals surface area contributed by atoms with Gasteiger partial charge >= 0.3 is 5.97 Å². The summed E-state index contributed by atoms with van der Waals surface area (Å²) in [5.74, 6) is -0.264. The first-order valence-corrected chi connectivity index (χ1v) is 10.9. The average Bonchev–Trinajstić information content (AvgIpc) is 2.60. The quantitative estimate of drug-likeness (QED) is 0.276. The molecule has 0 heterocycles. The van der Waals surface area contributed by atoms with Gasteiger partial charge in [-0.2, -0.15) is 0 Å². The average molecular weight is 392 g/mol. The number of carbonyl (C=O) groups excluding carboxylic acids is 1. The van der Waals surface area contributed by atoms with Crippen LogP contribution in [-0.4, -0.2) is 61.9 Å². The van der Waals surface area contributed by atoms with Crippen LogP contribution in [0.1, 0.15) is 92.9 Å². The zero-order chi connectivity index (χ0) is 20.3. The van der Waals surface area contributed by atoms with Crippen molar-refractivity contribution >= 4 is 5.97 Å². The van der Waals surface area contributed by atoms with E-state index in [0.717, 1.165) is 0 Å². The van der Waals surface area contributed by atoms with E-state index in [9.17, 15) is 4.79 Å². The molecule has 0 saturated heterocycles. The fraction of sp³-hybridized carbons (Fsp3) is 0.955. The number of esters is 1. The topological polar surface area (TPSA) is 65.5 Å². The van der Waals surface area contributed by atoms with Crippen molar-refractivity contribution in [3.8, 4) is 0 Å². The van der Waals surface area contributed by atoms with Crippen LogP contribution in [-0.2, 0) is 14.3 Å². The van der Waals surface area contributed by atoms with Crippen LogP contribution in [0.4, 0.5) is 0 Å². The van der Waals surface area contributed by atoms with E-state index in [4.69, 9.17) is 9.47 Å². The Morgan fingerprint density at radius 1 is 0.815 bits per heavy atom. The minimum atomic E-state index is -0.264. The molecular formula is C22H49NO4. The van der Waals surface area contributed by atoms with Crippen molar-refractivity contribution in [3.05, 3.63) is 0 Å². The first-order valence-electron chi connectivity index (χ1n) is 10.9. The lowest BCUT2D eigenvalue weighted by molar-refractivity contribution is -0.929. The Balaban J connectivity index is -0.000000491. The van der Waals surface area contributed by atoms with Crippen LogP contribution in [0.3, 0.4) is 0 Å². The number of nitrogens with zero attached hydrogens (tertiary/aromatic N) is 1. The van der Waals surface area contributed by atoms with Crippen molar-refractivity contribution < 1.29 is 24.2 Å². The van der Waals surface area contributed by atoms with Gasteiger partial charge in [-0.25, -0.2) is 0 Å². The Kier molecular flexibility index (Phi) is 24.9. The van der Waals surface area contributed by atoms with E-state index in [0.29, 0.717) is 6.61 Å². The van der Waals surface area contributed by atoms with E-state index in [2.05, 4.69) is 27.7 Å². The van der Waals surface area contributed by atoms with Crippen LogP contribution in [0.25, 0.3) is 0 Å². The first kappa shape index (κ1) is 31.1.